The van der Waals surface area contributed by atoms with Crippen molar-refractivity contribution < 1.29 is 14.4 Å². The van der Waals surface area contributed by atoms with E-state index in [2.05, 4.69) is 0 Å². The van der Waals surface area contributed by atoms with Crippen molar-refractivity contribution in [1.29, 1.82) is 0 Å². The monoisotopic (exact) mass is 354 g/mol. The van der Waals surface area contributed by atoms with E-state index in [0.29, 0.717) is 6.42 Å². The van der Waals surface area contributed by atoms with Gasteiger partial charge >= 0.3 is 6.03 Å². The first kappa shape index (κ1) is 17.3. The minimum Gasteiger partial charge on any atom is -0.273 e. The molecule has 0 unspecified atom stereocenters. The molecule has 0 N–H and O–H groups in total. The molecule has 2 saturated carbocycles. The molecule has 1 aliphatic heterocycles. The maximum Gasteiger partial charge on any atom is 0.333 e. The van der Waals surface area contributed by atoms with Crippen molar-refractivity contribution in [3.8, 4) is 0 Å². The van der Waals surface area contributed by atoms with Crippen molar-refractivity contribution in [2.24, 2.45) is 5.92 Å². The highest BCUT2D eigenvalue weighted by Gasteiger charge is 2.50. The maximum atomic E-state index is 13.2. The normalized spacial score (nSPS) is 23.5. The van der Waals surface area contributed by atoms with Crippen LogP contribution in [0.5, 0.6) is 0 Å². The summed E-state index contributed by atoms with van der Waals surface area (Å²) in [6, 6.07) is 9.21. The summed E-state index contributed by atoms with van der Waals surface area (Å²) in [5.41, 5.74) is 0.964. The molecule has 138 valence electrons. The molecule has 5 heteroatoms. The number of imide groups is 2. The second-order valence-corrected chi connectivity index (χ2v) is 7.82. The van der Waals surface area contributed by atoms with Crippen molar-refractivity contribution in [1.82, 2.24) is 9.80 Å². The van der Waals surface area contributed by atoms with Crippen LogP contribution in [0, 0.1) is 5.92 Å². The Hall–Kier alpha value is -2.17. The second-order valence-electron chi connectivity index (χ2n) is 7.82. The lowest BCUT2D eigenvalue weighted by Gasteiger charge is -2.42. The summed E-state index contributed by atoms with van der Waals surface area (Å²) < 4.78 is 0. The molecule has 26 heavy (non-hydrogen) atoms. The second kappa shape index (κ2) is 7.22. The summed E-state index contributed by atoms with van der Waals surface area (Å²) in [7, 11) is 0. The number of nitrogens with zero attached hydrogens (tertiary/aromatic N) is 2. The van der Waals surface area contributed by atoms with Gasteiger partial charge in [-0.3, -0.25) is 19.4 Å². The average Bonchev–Trinajstić information content (AvgIpc) is 3.34. The van der Waals surface area contributed by atoms with Gasteiger partial charge in [0.2, 0.25) is 11.8 Å². The van der Waals surface area contributed by atoms with Crippen LogP contribution < -0.4 is 0 Å². The van der Waals surface area contributed by atoms with E-state index in [9.17, 15) is 14.4 Å². The van der Waals surface area contributed by atoms with Crippen LogP contribution in [0.4, 0.5) is 4.79 Å². The third kappa shape index (κ3) is 3.04. The number of carbonyl (C=O) groups excluding carboxylic acids is 3. The van der Waals surface area contributed by atoms with Crippen LogP contribution in [-0.2, 0) is 16.0 Å². The highest BCUT2D eigenvalue weighted by atomic mass is 16.2. The highest BCUT2D eigenvalue weighted by Crippen LogP contribution is 2.34. The Bertz CT molecular complexity index is 652. The molecule has 1 aromatic carbocycles. The Morgan fingerprint density at radius 1 is 0.731 bits per heavy atom. The Labute approximate surface area is 154 Å². The Kier molecular flexibility index (Phi) is 4.79. The third-order valence-corrected chi connectivity index (χ3v) is 6.15. The van der Waals surface area contributed by atoms with E-state index in [0.717, 1.165) is 56.9 Å². The molecular weight excluding hydrogens is 328 g/mol. The lowest BCUT2D eigenvalue weighted by Crippen LogP contribution is -2.64. The molecule has 0 bridgehead atoms. The molecule has 3 fully saturated rings. The smallest absolute Gasteiger partial charge is 0.273 e. The van der Waals surface area contributed by atoms with Crippen molar-refractivity contribution >= 4 is 17.8 Å². The maximum absolute atomic E-state index is 13.2. The SMILES string of the molecule is O=C1C(Cc2ccccc2)C(=O)N(C2CCCC2)C(=O)N1C1CCCC1. The molecule has 0 aromatic heterocycles. The van der Waals surface area contributed by atoms with Crippen molar-refractivity contribution in [3.63, 3.8) is 0 Å². The van der Waals surface area contributed by atoms with E-state index >= 15 is 0 Å². The summed E-state index contributed by atoms with van der Waals surface area (Å²) in [4.78, 5) is 42.3. The van der Waals surface area contributed by atoms with Gasteiger partial charge in [-0.1, -0.05) is 56.0 Å². The molecule has 0 atom stereocenters. The number of carbonyl (C=O) groups is 3. The lowest BCUT2D eigenvalue weighted by atomic mass is 9.92. The van der Waals surface area contributed by atoms with Crippen LogP contribution in [0.1, 0.15) is 56.9 Å². The van der Waals surface area contributed by atoms with Crippen LogP contribution >= 0.6 is 0 Å². The Morgan fingerprint density at radius 3 is 1.65 bits per heavy atom. The molecular formula is C21H26N2O3. The molecule has 3 aliphatic rings. The summed E-state index contributed by atoms with van der Waals surface area (Å²) in [6.45, 7) is 0. The lowest BCUT2D eigenvalue weighted by molar-refractivity contribution is -0.152. The van der Waals surface area contributed by atoms with Gasteiger partial charge in [-0.2, -0.15) is 0 Å². The molecule has 0 spiro atoms. The summed E-state index contributed by atoms with van der Waals surface area (Å²) in [5.74, 6) is -1.34. The summed E-state index contributed by atoms with van der Waals surface area (Å²) in [6.07, 6.45) is 8.00. The van der Waals surface area contributed by atoms with Gasteiger partial charge in [-0.25, -0.2) is 4.79 Å². The van der Waals surface area contributed by atoms with Crippen molar-refractivity contribution in [3.05, 3.63) is 35.9 Å². The largest absolute Gasteiger partial charge is 0.333 e. The van der Waals surface area contributed by atoms with Crippen molar-refractivity contribution in [2.45, 2.75) is 69.9 Å². The molecule has 1 saturated heterocycles. The van der Waals surface area contributed by atoms with E-state index in [4.69, 9.17) is 0 Å². The zero-order valence-corrected chi connectivity index (χ0v) is 15.1. The standard InChI is InChI=1S/C21H26N2O3/c24-19-18(14-15-8-2-1-3-9-15)20(25)23(17-12-6-7-13-17)21(26)22(19)16-10-4-5-11-16/h1-3,8-9,16-18H,4-7,10-14H2. The van der Waals surface area contributed by atoms with E-state index < -0.39 is 5.92 Å². The van der Waals surface area contributed by atoms with Gasteiger partial charge in [0.25, 0.3) is 0 Å². The first-order valence-electron chi connectivity index (χ1n) is 9.91. The summed E-state index contributed by atoms with van der Waals surface area (Å²) in [5, 5.41) is 0. The molecule has 2 aliphatic carbocycles. The van der Waals surface area contributed by atoms with Gasteiger partial charge < -0.3 is 0 Å². The fourth-order valence-electron chi connectivity index (χ4n) is 4.77. The van der Waals surface area contributed by atoms with Gasteiger partial charge in [-0.15, -0.1) is 0 Å². The Morgan fingerprint density at radius 2 is 1.19 bits per heavy atom. The van der Waals surface area contributed by atoms with Gasteiger partial charge in [-0.05, 0) is 37.7 Å². The molecule has 5 nitrogen and oxygen atoms in total. The zero-order chi connectivity index (χ0) is 18.1. The number of benzene rings is 1. The van der Waals surface area contributed by atoms with Crippen LogP contribution in [-0.4, -0.2) is 39.7 Å². The molecule has 4 rings (SSSR count). The van der Waals surface area contributed by atoms with E-state index in [1.807, 2.05) is 30.3 Å². The van der Waals surface area contributed by atoms with E-state index in [-0.39, 0.29) is 29.9 Å². The summed E-state index contributed by atoms with van der Waals surface area (Å²) >= 11 is 0. The van der Waals surface area contributed by atoms with Gasteiger partial charge in [0.05, 0.1) is 0 Å². The van der Waals surface area contributed by atoms with Crippen LogP contribution in [0.15, 0.2) is 30.3 Å². The predicted octanol–water partition coefficient (Wildman–Crippen LogP) is 3.52. The van der Waals surface area contributed by atoms with Gasteiger partial charge in [0.1, 0.15) is 5.92 Å². The number of amides is 4. The molecule has 1 heterocycles. The fraction of sp³-hybridized carbons (Fsp3) is 0.571. The minimum absolute atomic E-state index is 0.0368. The first-order chi connectivity index (χ1) is 12.7. The van der Waals surface area contributed by atoms with Crippen LogP contribution in [0.3, 0.4) is 0 Å². The zero-order valence-electron chi connectivity index (χ0n) is 15.1. The predicted molar refractivity (Wildman–Crippen MR) is 97.2 cm³/mol. The number of urea groups is 1. The van der Waals surface area contributed by atoms with Gasteiger partial charge in [0.15, 0.2) is 0 Å². The number of hydrogen-bond acceptors (Lipinski definition) is 3. The van der Waals surface area contributed by atoms with Crippen molar-refractivity contribution in [2.75, 3.05) is 0 Å². The third-order valence-electron chi connectivity index (χ3n) is 6.15. The number of rotatable bonds is 4. The van der Waals surface area contributed by atoms with E-state index in [1.165, 1.54) is 9.80 Å². The number of barbiturate groups is 1. The molecule has 0 radical (unpaired) electrons. The molecule has 4 amide bonds. The average molecular weight is 354 g/mol. The van der Waals surface area contributed by atoms with E-state index in [1.54, 1.807) is 0 Å². The topological polar surface area (TPSA) is 57.7 Å². The van der Waals surface area contributed by atoms with Crippen LogP contribution in [0.2, 0.25) is 0 Å². The minimum atomic E-state index is -0.767. The number of hydrogen-bond donors (Lipinski definition) is 0. The van der Waals surface area contributed by atoms with Gasteiger partial charge in [0, 0.05) is 12.1 Å². The van der Waals surface area contributed by atoms with Crippen LogP contribution in [0.25, 0.3) is 0 Å². The quantitative estimate of drug-likeness (QED) is 0.777. The first-order valence-corrected chi connectivity index (χ1v) is 9.91. The Balaban J connectivity index is 1.65. The molecule has 1 aromatic rings. The highest BCUT2D eigenvalue weighted by molar-refractivity contribution is 6.16. The fourth-order valence-corrected chi connectivity index (χ4v) is 4.77.